The minimum Gasteiger partial charge on any atom is -0.496 e. The molecule has 5 heteroatoms. The van der Waals surface area contributed by atoms with Gasteiger partial charge in [0.05, 0.1) is 24.8 Å². The fourth-order valence-electron chi connectivity index (χ4n) is 3.81. The number of fused-ring (bicyclic) bond motifs is 1. The van der Waals surface area contributed by atoms with Gasteiger partial charge in [0.15, 0.2) is 5.69 Å². The molecule has 136 valence electrons. The molecule has 27 heavy (non-hydrogen) atoms. The van der Waals surface area contributed by atoms with Gasteiger partial charge in [-0.2, -0.15) is 0 Å². The van der Waals surface area contributed by atoms with E-state index in [1.165, 1.54) is 0 Å². The number of nitrogens with one attached hydrogen (secondary N) is 1. The van der Waals surface area contributed by atoms with Crippen molar-refractivity contribution in [2.75, 3.05) is 20.2 Å². The van der Waals surface area contributed by atoms with Gasteiger partial charge in [-0.15, -0.1) is 0 Å². The Hall–Kier alpha value is -2.94. The molecule has 2 N–H and O–H groups in total. The Morgan fingerprint density at radius 3 is 2.56 bits per heavy atom. The van der Waals surface area contributed by atoms with E-state index in [1.54, 1.807) is 13.3 Å². The maximum Gasteiger partial charge on any atom is 0.187 e. The number of hydrogen-bond acceptors (Lipinski definition) is 4. The molecule has 2 heterocycles. The Bertz CT molecular complexity index is 1020. The second kappa shape index (κ2) is 6.99. The topological polar surface area (TPSA) is 58.7 Å². The second-order valence-corrected chi connectivity index (χ2v) is 6.85. The largest absolute Gasteiger partial charge is 0.496 e. The van der Waals surface area contributed by atoms with Crippen LogP contribution in [0.4, 0.5) is 5.69 Å². The quantitative estimate of drug-likeness (QED) is 0.693. The lowest BCUT2D eigenvalue weighted by Crippen LogP contribution is -2.40. The molecule has 0 atom stereocenters. The first-order chi connectivity index (χ1) is 13.2. The molecule has 0 aliphatic carbocycles. The normalized spacial score (nSPS) is 16.0. The van der Waals surface area contributed by atoms with Gasteiger partial charge < -0.3 is 15.2 Å². The molecule has 1 aliphatic rings. The van der Waals surface area contributed by atoms with Crippen molar-refractivity contribution in [2.24, 2.45) is 0 Å². The van der Waals surface area contributed by atoms with Crippen LogP contribution in [-0.4, -0.2) is 30.3 Å². The van der Waals surface area contributed by atoms with Gasteiger partial charge in [0.25, 0.3) is 0 Å². The number of hydrogen-bond donors (Lipinski definition) is 2. The second-order valence-electron chi connectivity index (χ2n) is 6.85. The zero-order valence-electron chi connectivity index (χ0n) is 15.2. The lowest BCUT2D eigenvalue weighted by Gasteiger charge is -2.34. The summed E-state index contributed by atoms with van der Waals surface area (Å²) in [4.78, 5) is 8.16. The number of ether oxygens (including phenoxy) is 1. The van der Waals surface area contributed by atoms with Crippen LogP contribution in [0.1, 0.15) is 18.4 Å². The molecule has 0 radical (unpaired) electrons. The number of nitrogens with zero attached hydrogens (tertiary/aromatic N) is 2. The number of pyridine rings is 1. The lowest BCUT2D eigenvalue weighted by atomic mass is 9.84. The van der Waals surface area contributed by atoms with E-state index in [4.69, 9.17) is 16.3 Å². The third kappa shape index (κ3) is 3.03. The lowest BCUT2D eigenvalue weighted by molar-refractivity contribution is 0.00383. The Morgan fingerprint density at radius 2 is 1.89 bits per heavy atom. The van der Waals surface area contributed by atoms with Gasteiger partial charge >= 0.3 is 0 Å². The molecule has 0 unspecified atom stereocenters. The van der Waals surface area contributed by atoms with Crippen molar-refractivity contribution in [3.8, 4) is 16.9 Å². The first-order valence-electron chi connectivity index (χ1n) is 9.03. The summed E-state index contributed by atoms with van der Waals surface area (Å²) in [5.41, 5.74) is 3.23. The van der Waals surface area contributed by atoms with Crippen LogP contribution in [-0.2, 0) is 5.60 Å². The number of para-hydroxylation sites is 1. The van der Waals surface area contributed by atoms with E-state index in [0.29, 0.717) is 24.3 Å². The van der Waals surface area contributed by atoms with E-state index in [2.05, 4.69) is 10.2 Å². The first kappa shape index (κ1) is 17.5. The summed E-state index contributed by atoms with van der Waals surface area (Å²) in [6.45, 7) is 8.65. The fourth-order valence-corrected chi connectivity index (χ4v) is 3.81. The van der Waals surface area contributed by atoms with E-state index in [1.807, 2.05) is 42.5 Å². The summed E-state index contributed by atoms with van der Waals surface area (Å²) in [6, 6.07) is 13.5. The summed E-state index contributed by atoms with van der Waals surface area (Å²) in [7, 11) is 1.64. The first-order valence-corrected chi connectivity index (χ1v) is 9.03. The van der Waals surface area contributed by atoms with Crippen molar-refractivity contribution in [3.63, 3.8) is 0 Å². The van der Waals surface area contributed by atoms with Crippen molar-refractivity contribution in [3.05, 3.63) is 65.6 Å². The Morgan fingerprint density at radius 1 is 1.15 bits per heavy atom. The Kier molecular flexibility index (Phi) is 4.53. The molecule has 4 rings (SSSR count). The van der Waals surface area contributed by atoms with E-state index in [9.17, 15) is 5.11 Å². The van der Waals surface area contributed by atoms with Gasteiger partial charge in [0.2, 0.25) is 0 Å². The van der Waals surface area contributed by atoms with Crippen molar-refractivity contribution >= 4 is 16.6 Å². The molecule has 0 spiro atoms. The third-order valence-corrected chi connectivity index (χ3v) is 5.29. The van der Waals surface area contributed by atoms with Gasteiger partial charge in [-0.25, -0.2) is 4.85 Å². The van der Waals surface area contributed by atoms with Gasteiger partial charge in [-0.3, -0.25) is 4.98 Å². The third-order valence-electron chi connectivity index (χ3n) is 5.29. The van der Waals surface area contributed by atoms with Crippen LogP contribution in [0, 0.1) is 6.57 Å². The number of rotatable bonds is 3. The number of piperidine rings is 1. The van der Waals surface area contributed by atoms with Crippen LogP contribution in [0.3, 0.4) is 0 Å². The molecule has 1 fully saturated rings. The average Bonchev–Trinajstić information content (AvgIpc) is 2.73. The highest BCUT2D eigenvalue weighted by Crippen LogP contribution is 2.41. The van der Waals surface area contributed by atoms with E-state index in [-0.39, 0.29) is 0 Å². The van der Waals surface area contributed by atoms with Crippen molar-refractivity contribution < 1.29 is 9.84 Å². The smallest absolute Gasteiger partial charge is 0.187 e. The van der Waals surface area contributed by atoms with Crippen LogP contribution in [0.25, 0.3) is 26.9 Å². The molecule has 0 amide bonds. The SMILES string of the molecule is [C-]#[N+]c1ccc(-c2cccc3c(OC)c(C4(O)CCNCC4)cnc23)cc1. The molecule has 0 saturated carbocycles. The highest BCUT2D eigenvalue weighted by molar-refractivity contribution is 5.97. The molecule has 1 aromatic heterocycles. The predicted molar refractivity (Wildman–Crippen MR) is 106 cm³/mol. The standard InChI is InChI=1S/C22H21N3O2/c1-23-16-8-6-15(7-9-16)17-4-3-5-18-20(17)25-14-19(21(18)27-2)22(26)10-12-24-13-11-22/h3-9,14,24,26H,10-13H2,2H3. The van der Waals surface area contributed by atoms with Crippen molar-refractivity contribution in [1.29, 1.82) is 0 Å². The van der Waals surface area contributed by atoms with Crippen molar-refractivity contribution in [2.45, 2.75) is 18.4 Å². The number of benzene rings is 2. The molecule has 5 nitrogen and oxygen atoms in total. The number of aliphatic hydroxyl groups is 1. The van der Waals surface area contributed by atoms with Crippen molar-refractivity contribution in [1.82, 2.24) is 10.3 Å². The fraction of sp³-hybridized carbons (Fsp3) is 0.273. The zero-order chi connectivity index (χ0) is 18.9. The zero-order valence-corrected chi connectivity index (χ0v) is 15.2. The molecule has 3 aromatic rings. The monoisotopic (exact) mass is 359 g/mol. The highest BCUT2D eigenvalue weighted by atomic mass is 16.5. The van der Waals surface area contributed by atoms with Crippen LogP contribution >= 0.6 is 0 Å². The minimum absolute atomic E-state index is 0.611. The number of aromatic nitrogens is 1. The molecular weight excluding hydrogens is 338 g/mol. The summed E-state index contributed by atoms with van der Waals surface area (Å²) >= 11 is 0. The Labute approximate surface area is 158 Å². The molecule has 2 aromatic carbocycles. The highest BCUT2D eigenvalue weighted by Gasteiger charge is 2.35. The molecule has 1 aliphatic heterocycles. The number of methoxy groups -OCH3 is 1. The maximum atomic E-state index is 11.2. The van der Waals surface area contributed by atoms with Gasteiger partial charge in [-0.1, -0.05) is 36.4 Å². The predicted octanol–water partition coefficient (Wildman–Crippen LogP) is 4.03. The summed E-state index contributed by atoms with van der Waals surface area (Å²) in [5.74, 6) is 0.684. The van der Waals surface area contributed by atoms with E-state index >= 15 is 0 Å². The van der Waals surface area contributed by atoms with E-state index in [0.717, 1.165) is 40.7 Å². The minimum atomic E-state index is -0.926. The van der Waals surface area contributed by atoms with Crippen LogP contribution < -0.4 is 10.1 Å². The van der Waals surface area contributed by atoms with Crippen LogP contribution in [0.2, 0.25) is 0 Å². The summed E-state index contributed by atoms with van der Waals surface area (Å²) in [6.07, 6.45) is 3.02. The van der Waals surface area contributed by atoms with Crippen LogP contribution in [0.15, 0.2) is 48.7 Å². The summed E-state index contributed by atoms with van der Waals surface area (Å²) < 4.78 is 5.74. The molecule has 0 bridgehead atoms. The van der Waals surface area contributed by atoms with Crippen LogP contribution in [0.5, 0.6) is 5.75 Å². The van der Waals surface area contributed by atoms with Gasteiger partial charge in [0.1, 0.15) is 5.75 Å². The Balaban J connectivity index is 1.88. The molecule has 1 saturated heterocycles. The van der Waals surface area contributed by atoms with E-state index < -0.39 is 5.60 Å². The van der Waals surface area contributed by atoms with Gasteiger partial charge in [-0.05, 0) is 37.6 Å². The average molecular weight is 359 g/mol. The molecular formula is C22H21N3O2. The maximum absolute atomic E-state index is 11.2. The summed E-state index contributed by atoms with van der Waals surface area (Å²) in [5, 5.41) is 15.3. The van der Waals surface area contributed by atoms with Gasteiger partial charge in [0, 0.05) is 22.7 Å².